The molecule has 0 saturated carbocycles. The Morgan fingerprint density at radius 1 is 1.10 bits per heavy atom. The molecule has 0 atom stereocenters. The molecule has 10 heteroatoms. The van der Waals surface area contributed by atoms with Crippen LogP contribution in [0.4, 0.5) is 18.9 Å². The summed E-state index contributed by atoms with van der Waals surface area (Å²) in [5.41, 5.74) is 0.161. The highest BCUT2D eigenvalue weighted by Crippen LogP contribution is 2.30. The molecular weight excluding hydrogens is 485 g/mol. The molecule has 0 spiro atoms. The average molecular weight is 505 g/mol. The minimum Gasteiger partial charge on any atom is -0.326 e. The summed E-state index contributed by atoms with van der Waals surface area (Å²) in [4.78, 5) is 12.4. The van der Waals surface area contributed by atoms with Gasteiger partial charge in [-0.3, -0.25) is 4.79 Å². The molecule has 5 nitrogen and oxygen atoms in total. The van der Waals surface area contributed by atoms with Crippen molar-refractivity contribution in [3.05, 3.63) is 64.1 Å². The highest BCUT2D eigenvalue weighted by Gasteiger charge is 2.32. The summed E-state index contributed by atoms with van der Waals surface area (Å²) < 4.78 is 65.4. The van der Waals surface area contributed by atoms with Crippen LogP contribution in [0.5, 0.6) is 0 Å². The number of nitrogens with zero attached hydrogens (tertiary/aromatic N) is 1. The molecule has 1 amide bonds. The van der Waals surface area contributed by atoms with Crippen LogP contribution in [0.1, 0.15) is 24.0 Å². The SMILES string of the molecule is O=C(Nc1ccc(C(F)(F)F)cc1)C1CCN(S(=O)(=O)Cc2cccc(Br)c2)CC1. The Hall–Kier alpha value is -1.91. The van der Waals surface area contributed by atoms with Gasteiger partial charge in [-0.25, -0.2) is 12.7 Å². The standard InChI is InChI=1S/C20H20BrF3N2O3S/c21-17-3-1-2-14(12-17)13-30(28,29)26-10-8-15(9-11-26)19(27)25-18-6-4-16(5-7-18)20(22,23)24/h1-7,12,15H,8-11,13H2,(H,25,27). The van der Waals surface area contributed by atoms with Gasteiger partial charge in [-0.2, -0.15) is 13.2 Å². The summed E-state index contributed by atoms with van der Waals surface area (Å²) in [7, 11) is -3.51. The molecule has 0 unspecified atom stereocenters. The van der Waals surface area contributed by atoms with E-state index < -0.39 is 27.7 Å². The molecule has 30 heavy (non-hydrogen) atoms. The summed E-state index contributed by atoms with van der Waals surface area (Å²) in [6, 6.07) is 11.3. The van der Waals surface area contributed by atoms with Crippen molar-refractivity contribution in [3.8, 4) is 0 Å². The van der Waals surface area contributed by atoms with E-state index >= 15 is 0 Å². The molecule has 0 radical (unpaired) electrons. The lowest BCUT2D eigenvalue weighted by Gasteiger charge is -2.30. The van der Waals surface area contributed by atoms with E-state index in [-0.39, 0.29) is 30.4 Å². The van der Waals surface area contributed by atoms with E-state index in [0.717, 1.165) is 16.6 Å². The first kappa shape index (κ1) is 22.8. The number of nitrogens with one attached hydrogen (secondary N) is 1. The number of rotatable bonds is 5. The number of amides is 1. The zero-order valence-electron chi connectivity index (χ0n) is 15.8. The second-order valence-electron chi connectivity index (χ2n) is 7.12. The zero-order chi connectivity index (χ0) is 21.9. The van der Waals surface area contributed by atoms with E-state index in [1.54, 1.807) is 18.2 Å². The quantitative estimate of drug-likeness (QED) is 0.644. The molecule has 0 bridgehead atoms. The van der Waals surface area contributed by atoms with E-state index in [2.05, 4.69) is 21.2 Å². The highest BCUT2D eigenvalue weighted by molar-refractivity contribution is 9.10. The molecule has 1 heterocycles. The van der Waals surface area contributed by atoms with Gasteiger partial charge in [0.2, 0.25) is 15.9 Å². The van der Waals surface area contributed by atoms with Gasteiger partial charge in [-0.1, -0.05) is 28.1 Å². The number of piperidine rings is 1. The van der Waals surface area contributed by atoms with Crippen molar-refractivity contribution in [3.63, 3.8) is 0 Å². The maximum absolute atomic E-state index is 12.7. The normalized spacial score (nSPS) is 16.4. The van der Waals surface area contributed by atoms with Gasteiger partial charge in [0.25, 0.3) is 0 Å². The molecule has 0 aliphatic carbocycles. The molecule has 1 fully saturated rings. The number of anilines is 1. The lowest BCUT2D eigenvalue weighted by Crippen LogP contribution is -2.41. The lowest BCUT2D eigenvalue weighted by molar-refractivity contribution is -0.137. The van der Waals surface area contributed by atoms with Crippen LogP contribution in [-0.4, -0.2) is 31.7 Å². The number of carbonyl (C=O) groups excluding carboxylic acids is 1. The summed E-state index contributed by atoms with van der Waals surface area (Å²) in [5.74, 6) is -0.835. The number of alkyl halides is 3. The number of sulfonamides is 1. The largest absolute Gasteiger partial charge is 0.416 e. The molecule has 1 N–H and O–H groups in total. The van der Waals surface area contributed by atoms with Crippen molar-refractivity contribution < 1.29 is 26.4 Å². The first-order chi connectivity index (χ1) is 14.0. The van der Waals surface area contributed by atoms with Crippen LogP contribution >= 0.6 is 15.9 Å². The van der Waals surface area contributed by atoms with Gasteiger partial charge < -0.3 is 5.32 Å². The van der Waals surface area contributed by atoms with E-state index in [4.69, 9.17) is 0 Å². The van der Waals surface area contributed by atoms with Crippen molar-refractivity contribution in [2.75, 3.05) is 18.4 Å². The smallest absolute Gasteiger partial charge is 0.326 e. The van der Waals surface area contributed by atoms with Gasteiger partial charge in [0.05, 0.1) is 11.3 Å². The Labute approximate surface area is 181 Å². The fourth-order valence-electron chi connectivity index (χ4n) is 3.31. The average Bonchev–Trinajstić information content (AvgIpc) is 2.67. The summed E-state index contributed by atoms with van der Waals surface area (Å²) in [5, 5.41) is 2.61. The molecule has 1 aliphatic rings. The third-order valence-corrected chi connectivity index (χ3v) is 7.28. The first-order valence-electron chi connectivity index (χ1n) is 9.25. The predicted molar refractivity (Wildman–Crippen MR) is 111 cm³/mol. The van der Waals surface area contributed by atoms with Gasteiger partial charge in [-0.05, 0) is 54.8 Å². The van der Waals surface area contributed by atoms with E-state index in [1.807, 2.05) is 6.07 Å². The maximum atomic E-state index is 12.7. The minimum atomic E-state index is -4.43. The van der Waals surface area contributed by atoms with Crippen LogP contribution in [0.15, 0.2) is 53.0 Å². The topological polar surface area (TPSA) is 66.5 Å². The second kappa shape index (κ2) is 9.07. The maximum Gasteiger partial charge on any atom is 0.416 e. The van der Waals surface area contributed by atoms with E-state index in [0.29, 0.717) is 18.4 Å². The monoisotopic (exact) mass is 504 g/mol. The van der Waals surface area contributed by atoms with Crippen LogP contribution in [0.3, 0.4) is 0 Å². The molecule has 1 aliphatic heterocycles. The van der Waals surface area contributed by atoms with E-state index in [9.17, 15) is 26.4 Å². The van der Waals surface area contributed by atoms with Crippen LogP contribution in [0.25, 0.3) is 0 Å². The number of halogens is 4. The Morgan fingerprint density at radius 3 is 2.30 bits per heavy atom. The Kier molecular flexibility index (Phi) is 6.88. The number of hydrogen-bond donors (Lipinski definition) is 1. The van der Waals surface area contributed by atoms with E-state index in [1.165, 1.54) is 16.4 Å². The van der Waals surface area contributed by atoms with Crippen molar-refractivity contribution >= 4 is 37.5 Å². The van der Waals surface area contributed by atoms with Crippen molar-refractivity contribution in [1.29, 1.82) is 0 Å². The van der Waals surface area contributed by atoms with Crippen LogP contribution in [-0.2, 0) is 26.7 Å². The molecule has 162 valence electrons. The number of carbonyl (C=O) groups is 1. The Balaban J connectivity index is 1.55. The number of hydrogen-bond acceptors (Lipinski definition) is 3. The zero-order valence-corrected chi connectivity index (χ0v) is 18.2. The molecule has 1 saturated heterocycles. The summed E-state index contributed by atoms with van der Waals surface area (Å²) in [6.07, 6.45) is -3.73. The molecule has 2 aromatic rings. The molecular formula is C20H20BrF3N2O3S. The first-order valence-corrected chi connectivity index (χ1v) is 11.7. The molecule has 0 aromatic heterocycles. The lowest BCUT2D eigenvalue weighted by atomic mass is 9.97. The summed E-state index contributed by atoms with van der Waals surface area (Å²) >= 11 is 3.32. The molecule has 3 rings (SSSR count). The number of benzene rings is 2. The van der Waals surface area contributed by atoms with Crippen LogP contribution in [0.2, 0.25) is 0 Å². The van der Waals surface area contributed by atoms with Gasteiger partial charge in [0.1, 0.15) is 0 Å². The molecule has 2 aromatic carbocycles. The fourth-order valence-corrected chi connectivity index (χ4v) is 5.31. The third kappa shape index (κ3) is 5.83. The van der Waals surface area contributed by atoms with Gasteiger partial charge >= 0.3 is 6.18 Å². The fraction of sp³-hybridized carbons (Fsp3) is 0.350. The predicted octanol–water partition coefficient (Wildman–Crippen LogP) is 4.65. The van der Waals surface area contributed by atoms with Crippen molar-refractivity contribution in [2.24, 2.45) is 5.92 Å². The Bertz CT molecular complexity index is 1000. The summed E-state index contributed by atoms with van der Waals surface area (Å²) in [6.45, 7) is 0.447. The van der Waals surface area contributed by atoms with Gasteiger partial charge in [-0.15, -0.1) is 0 Å². The highest BCUT2D eigenvalue weighted by atomic mass is 79.9. The third-order valence-electron chi connectivity index (χ3n) is 4.94. The van der Waals surface area contributed by atoms with Crippen molar-refractivity contribution in [1.82, 2.24) is 4.31 Å². The van der Waals surface area contributed by atoms with Crippen LogP contribution in [0, 0.1) is 5.92 Å². The van der Waals surface area contributed by atoms with Gasteiger partial charge in [0, 0.05) is 29.2 Å². The Morgan fingerprint density at radius 2 is 1.73 bits per heavy atom. The second-order valence-corrected chi connectivity index (χ2v) is 10.0. The van der Waals surface area contributed by atoms with Crippen molar-refractivity contribution in [2.45, 2.75) is 24.8 Å². The van der Waals surface area contributed by atoms with Crippen LogP contribution < -0.4 is 5.32 Å². The van der Waals surface area contributed by atoms with Gasteiger partial charge in [0.15, 0.2) is 0 Å². The minimum absolute atomic E-state index is 0.116.